The van der Waals surface area contributed by atoms with Crippen molar-refractivity contribution in [2.75, 3.05) is 6.54 Å². The largest absolute Gasteiger partial charge is 0.309 e. The summed E-state index contributed by atoms with van der Waals surface area (Å²) >= 11 is 0. The lowest BCUT2D eigenvalue weighted by Crippen LogP contribution is -2.30. The van der Waals surface area contributed by atoms with E-state index >= 15 is 0 Å². The van der Waals surface area contributed by atoms with Crippen LogP contribution in [-0.2, 0) is 10.8 Å². The average Bonchev–Trinajstić information content (AvgIpc) is 2.61. The topological polar surface area (TPSA) is 29.1 Å². The molecule has 0 bridgehead atoms. The van der Waals surface area contributed by atoms with Crippen LogP contribution in [0.15, 0.2) is 23.1 Å². The summed E-state index contributed by atoms with van der Waals surface area (Å²) in [5.41, 5.74) is 2.52. The van der Waals surface area contributed by atoms with Crippen LogP contribution in [0.3, 0.4) is 0 Å². The molecule has 0 spiro atoms. The van der Waals surface area contributed by atoms with Gasteiger partial charge in [-0.2, -0.15) is 0 Å². The number of hydrogen-bond donors (Lipinski definition) is 1. The van der Waals surface area contributed by atoms with Gasteiger partial charge in [0.2, 0.25) is 0 Å². The zero-order chi connectivity index (χ0) is 13.1. The van der Waals surface area contributed by atoms with Crippen molar-refractivity contribution in [2.24, 2.45) is 0 Å². The number of fused-ring (bicyclic) bond motifs is 1. The SMILES string of the molecule is CCCNC1c2cc(C)ccc2S(=O)C1CCC. The summed E-state index contributed by atoms with van der Waals surface area (Å²) in [5.74, 6) is 0. The molecule has 0 saturated carbocycles. The summed E-state index contributed by atoms with van der Waals surface area (Å²) in [6.07, 6.45) is 3.23. The molecule has 2 nitrogen and oxygen atoms in total. The van der Waals surface area contributed by atoms with Crippen LogP contribution >= 0.6 is 0 Å². The minimum Gasteiger partial charge on any atom is -0.309 e. The standard InChI is InChI=1S/C15H23NOS/c1-4-6-14-15(16-9-5-2)12-10-11(3)7-8-13(12)18(14)17/h7-8,10,14-16H,4-6,9H2,1-3H3. The van der Waals surface area contributed by atoms with E-state index in [1.807, 2.05) is 0 Å². The third-order valence-electron chi connectivity index (χ3n) is 3.55. The van der Waals surface area contributed by atoms with Gasteiger partial charge in [-0.15, -0.1) is 0 Å². The molecule has 3 heteroatoms. The Morgan fingerprint density at radius 2 is 2.06 bits per heavy atom. The zero-order valence-corrected chi connectivity index (χ0v) is 12.3. The van der Waals surface area contributed by atoms with Gasteiger partial charge in [0.15, 0.2) is 0 Å². The van der Waals surface area contributed by atoms with Gasteiger partial charge in [0.1, 0.15) is 0 Å². The molecule has 2 rings (SSSR count). The first-order valence-corrected chi connectivity index (χ1v) is 8.14. The van der Waals surface area contributed by atoms with E-state index in [1.165, 1.54) is 11.1 Å². The van der Waals surface area contributed by atoms with Gasteiger partial charge < -0.3 is 5.32 Å². The molecule has 3 atom stereocenters. The third kappa shape index (κ3) is 2.52. The summed E-state index contributed by atoms with van der Waals surface area (Å²) < 4.78 is 12.5. The van der Waals surface area contributed by atoms with Crippen LogP contribution < -0.4 is 5.32 Å². The molecule has 0 amide bonds. The zero-order valence-electron chi connectivity index (χ0n) is 11.5. The van der Waals surface area contributed by atoms with Crippen LogP contribution in [0.2, 0.25) is 0 Å². The van der Waals surface area contributed by atoms with Gasteiger partial charge in [-0.1, -0.05) is 38.0 Å². The van der Waals surface area contributed by atoms with Gasteiger partial charge in [-0.05, 0) is 37.9 Å². The smallest absolute Gasteiger partial charge is 0.0590 e. The second-order valence-electron chi connectivity index (χ2n) is 5.10. The van der Waals surface area contributed by atoms with Crippen molar-refractivity contribution < 1.29 is 4.21 Å². The van der Waals surface area contributed by atoms with E-state index in [1.54, 1.807) is 0 Å². The van der Waals surface area contributed by atoms with Gasteiger partial charge in [-0.25, -0.2) is 0 Å². The minimum atomic E-state index is -0.840. The second-order valence-corrected chi connectivity index (χ2v) is 6.74. The van der Waals surface area contributed by atoms with Crippen LogP contribution in [-0.4, -0.2) is 16.0 Å². The van der Waals surface area contributed by atoms with Gasteiger partial charge in [0.05, 0.1) is 16.0 Å². The number of nitrogens with one attached hydrogen (secondary N) is 1. The first kappa shape index (κ1) is 13.8. The highest BCUT2D eigenvalue weighted by Gasteiger charge is 2.37. The lowest BCUT2D eigenvalue weighted by Gasteiger charge is -2.20. The lowest BCUT2D eigenvalue weighted by molar-refractivity contribution is 0.492. The van der Waals surface area contributed by atoms with Crippen LogP contribution in [0.5, 0.6) is 0 Å². The molecular weight excluding hydrogens is 242 g/mol. The summed E-state index contributed by atoms with van der Waals surface area (Å²) in [5, 5.41) is 3.84. The predicted molar refractivity (Wildman–Crippen MR) is 77.3 cm³/mol. The van der Waals surface area contributed by atoms with Crippen molar-refractivity contribution in [3.8, 4) is 0 Å². The molecule has 1 aromatic carbocycles. The van der Waals surface area contributed by atoms with E-state index in [0.717, 1.165) is 30.7 Å². The molecule has 1 aliphatic heterocycles. The Hall–Kier alpha value is -0.670. The van der Waals surface area contributed by atoms with Crippen molar-refractivity contribution in [2.45, 2.75) is 56.2 Å². The van der Waals surface area contributed by atoms with E-state index < -0.39 is 10.8 Å². The molecule has 1 N–H and O–H groups in total. The van der Waals surface area contributed by atoms with Crippen LogP contribution in [0.25, 0.3) is 0 Å². The highest BCUT2D eigenvalue weighted by molar-refractivity contribution is 7.86. The van der Waals surface area contributed by atoms with E-state index in [4.69, 9.17) is 0 Å². The molecular formula is C15H23NOS. The fourth-order valence-corrected chi connectivity index (χ4v) is 4.57. The van der Waals surface area contributed by atoms with Crippen molar-refractivity contribution in [3.05, 3.63) is 29.3 Å². The fraction of sp³-hybridized carbons (Fsp3) is 0.600. The Balaban J connectivity index is 2.33. The Bertz CT molecular complexity index is 444. The Morgan fingerprint density at radius 3 is 2.72 bits per heavy atom. The molecule has 1 aromatic rings. The summed E-state index contributed by atoms with van der Waals surface area (Å²) in [4.78, 5) is 1.05. The summed E-state index contributed by atoms with van der Waals surface area (Å²) in [6.45, 7) is 7.44. The van der Waals surface area contributed by atoms with Crippen molar-refractivity contribution in [1.82, 2.24) is 5.32 Å². The van der Waals surface area contributed by atoms with Crippen LogP contribution in [0.4, 0.5) is 0 Å². The molecule has 0 aromatic heterocycles. The van der Waals surface area contributed by atoms with Crippen molar-refractivity contribution >= 4 is 10.8 Å². The quantitative estimate of drug-likeness (QED) is 0.885. The molecule has 18 heavy (non-hydrogen) atoms. The molecule has 0 aliphatic carbocycles. The van der Waals surface area contributed by atoms with E-state index in [-0.39, 0.29) is 11.3 Å². The molecule has 1 heterocycles. The molecule has 1 aliphatic rings. The Labute approximate surface area is 113 Å². The maximum atomic E-state index is 12.5. The van der Waals surface area contributed by atoms with Gasteiger partial charge in [-0.3, -0.25) is 4.21 Å². The van der Waals surface area contributed by atoms with Gasteiger partial charge >= 0.3 is 0 Å². The van der Waals surface area contributed by atoms with Crippen molar-refractivity contribution in [1.29, 1.82) is 0 Å². The van der Waals surface area contributed by atoms with Crippen LogP contribution in [0, 0.1) is 6.92 Å². The summed E-state index contributed by atoms with van der Waals surface area (Å²) in [6, 6.07) is 6.61. The normalized spacial score (nSPS) is 26.3. The molecule has 0 radical (unpaired) electrons. The number of hydrogen-bond acceptors (Lipinski definition) is 2. The third-order valence-corrected chi connectivity index (χ3v) is 5.41. The average molecular weight is 265 g/mol. The van der Waals surface area contributed by atoms with Gasteiger partial charge in [0, 0.05) is 10.9 Å². The first-order chi connectivity index (χ1) is 8.69. The highest BCUT2D eigenvalue weighted by atomic mass is 32.2. The first-order valence-electron chi connectivity index (χ1n) is 6.93. The van der Waals surface area contributed by atoms with Crippen molar-refractivity contribution in [3.63, 3.8) is 0 Å². The number of rotatable bonds is 5. The highest BCUT2D eigenvalue weighted by Crippen LogP contribution is 2.38. The lowest BCUT2D eigenvalue weighted by atomic mass is 9.99. The van der Waals surface area contributed by atoms with Crippen LogP contribution in [0.1, 0.15) is 50.3 Å². The van der Waals surface area contributed by atoms with E-state index in [9.17, 15) is 4.21 Å². The maximum Gasteiger partial charge on any atom is 0.0590 e. The second kappa shape index (κ2) is 5.98. The monoisotopic (exact) mass is 265 g/mol. The fourth-order valence-electron chi connectivity index (χ4n) is 2.68. The predicted octanol–water partition coefficient (Wildman–Crippen LogP) is 3.33. The van der Waals surface area contributed by atoms with E-state index in [2.05, 4.69) is 44.3 Å². The van der Waals surface area contributed by atoms with E-state index in [0.29, 0.717) is 0 Å². The Morgan fingerprint density at radius 1 is 1.28 bits per heavy atom. The molecule has 0 fully saturated rings. The van der Waals surface area contributed by atoms with Gasteiger partial charge in [0.25, 0.3) is 0 Å². The molecule has 100 valence electrons. The molecule has 0 saturated heterocycles. The number of benzene rings is 1. The maximum absolute atomic E-state index is 12.5. The Kier molecular flexibility index (Phi) is 4.57. The molecule has 3 unspecified atom stereocenters. The number of aryl methyl sites for hydroxylation is 1. The summed E-state index contributed by atoms with van der Waals surface area (Å²) in [7, 11) is -0.840. The minimum absolute atomic E-state index is 0.248.